The van der Waals surface area contributed by atoms with Crippen LogP contribution in [-0.2, 0) is 0 Å². The molecular formula is C24H24N4O. The van der Waals surface area contributed by atoms with Gasteiger partial charge in [0.2, 0.25) is 0 Å². The number of ether oxygens (including phenoxy) is 1. The maximum Gasteiger partial charge on any atom is 0.129 e. The lowest BCUT2D eigenvalue weighted by atomic mass is 10.1. The number of hydrogen-bond acceptors (Lipinski definition) is 5. The van der Waals surface area contributed by atoms with E-state index < -0.39 is 0 Å². The smallest absolute Gasteiger partial charge is 0.129 e. The zero-order valence-corrected chi connectivity index (χ0v) is 16.4. The van der Waals surface area contributed by atoms with E-state index in [0.717, 1.165) is 45.5 Å². The van der Waals surface area contributed by atoms with Gasteiger partial charge in [-0.1, -0.05) is 18.6 Å². The highest BCUT2D eigenvalue weighted by Crippen LogP contribution is 2.32. The lowest BCUT2D eigenvalue weighted by Gasteiger charge is -2.26. The highest BCUT2D eigenvalue weighted by Gasteiger charge is 2.13. The van der Waals surface area contributed by atoms with Crippen LogP contribution in [0.25, 0.3) is 33.2 Å². The number of rotatable bonds is 5. The first-order valence-electron chi connectivity index (χ1n) is 10.3. The van der Waals surface area contributed by atoms with Gasteiger partial charge >= 0.3 is 0 Å². The van der Waals surface area contributed by atoms with Crippen LogP contribution in [0.15, 0.2) is 60.9 Å². The summed E-state index contributed by atoms with van der Waals surface area (Å²) >= 11 is 0. The summed E-state index contributed by atoms with van der Waals surface area (Å²) in [6.07, 6.45) is 7.55. The van der Waals surface area contributed by atoms with Crippen molar-refractivity contribution in [3.63, 3.8) is 0 Å². The molecule has 1 saturated heterocycles. The molecule has 3 aromatic heterocycles. The topological polar surface area (TPSA) is 51.1 Å². The van der Waals surface area contributed by atoms with Crippen molar-refractivity contribution in [3.05, 3.63) is 60.9 Å². The molecule has 0 unspecified atom stereocenters. The summed E-state index contributed by atoms with van der Waals surface area (Å²) in [7, 11) is 0. The predicted molar refractivity (Wildman–Crippen MR) is 116 cm³/mol. The predicted octanol–water partition coefficient (Wildman–Crippen LogP) is 4.71. The molecule has 1 aliphatic heterocycles. The van der Waals surface area contributed by atoms with E-state index in [4.69, 9.17) is 9.72 Å². The summed E-state index contributed by atoms with van der Waals surface area (Å²) in [5.74, 6) is 0.880. The minimum absolute atomic E-state index is 0.689. The van der Waals surface area contributed by atoms with Crippen molar-refractivity contribution in [2.24, 2.45) is 0 Å². The fourth-order valence-electron chi connectivity index (χ4n) is 4.03. The van der Waals surface area contributed by atoms with Crippen LogP contribution in [0, 0.1) is 0 Å². The van der Waals surface area contributed by atoms with E-state index >= 15 is 0 Å². The van der Waals surface area contributed by atoms with E-state index in [-0.39, 0.29) is 0 Å². The Morgan fingerprint density at radius 3 is 2.59 bits per heavy atom. The Bertz CT molecular complexity index is 1120. The summed E-state index contributed by atoms with van der Waals surface area (Å²) in [6, 6.07) is 16.1. The molecule has 5 rings (SSSR count). The Morgan fingerprint density at radius 1 is 0.828 bits per heavy atom. The first kappa shape index (κ1) is 18.0. The van der Waals surface area contributed by atoms with E-state index in [1.807, 2.05) is 36.5 Å². The Balaban J connectivity index is 1.48. The summed E-state index contributed by atoms with van der Waals surface area (Å²) < 4.78 is 6.22. The molecule has 4 heterocycles. The maximum atomic E-state index is 6.22. The largest absolute Gasteiger partial charge is 0.492 e. The summed E-state index contributed by atoms with van der Waals surface area (Å²) in [6.45, 7) is 4.03. The number of pyridine rings is 3. The van der Waals surface area contributed by atoms with Crippen molar-refractivity contribution in [1.82, 2.24) is 19.9 Å². The quantitative estimate of drug-likeness (QED) is 0.467. The highest BCUT2D eigenvalue weighted by molar-refractivity contribution is 6.06. The van der Waals surface area contributed by atoms with E-state index in [1.54, 1.807) is 6.20 Å². The number of nitrogens with zero attached hydrogens (tertiary/aromatic N) is 4. The Kier molecular flexibility index (Phi) is 5.05. The first-order valence-corrected chi connectivity index (χ1v) is 10.3. The van der Waals surface area contributed by atoms with Crippen molar-refractivity contribution in [2.75, 3.05) is 26.2 Å². The lowest BCUT2D eigenvalue weighted by Crippen LogP contribution is -2.33. The number of fused-ring (bicyclic) bond motifs is 3. The molecule has 1 aliphatic rings. The standard InChI is InChI=1S/C24H24N4O/c1-4-13-28(14-5-1)15-16-29-22-17-18-9-10-21(20-8-2-3-11-25-20)27-23(18)24-19(22)7-6-12-26-24/h2-3,6-12,17H,1,4-5,13-16H2. The molecule has 0 aliphatic carbocycles. The van der Waals surface area contributed by atoms with Crippen molar-refractivity contribution in [3.8, 4) is 17.1 Å². The Morgan fingerprint density at radius 2 is 1.72 bits per heavy atom. The van der Waals surface area contributed by atoms with Gasteiger partial charge in [0.25, 0.3) is 0 Å². The van der Waals surface area contributed by atoms with Gasteiger partial charge in [-0.25, -0.2) is 4.98 Å². The number of piperidine rings is 1. The Labute approximate surface area is 170 Å². The Hall–Kier alpha value is -3.05. The fraction of sp³-hybridized carbons (Fsp3) is 0.292. The van der Waals surface area contributed by atoms with Crippen LogP contribution in [0.4, 0.5) is 0 Å². The van der Waals surface area contributed by atoms with Crippen LogP contribution in [0.1, 0.15) is 19.3 Å². The van der Waals surface area contributed by atoms with E-state index in [9.17, 15) is 0 Å². The van der Waals surface area contributed by atoms with Crippen LogP contribution in [0.5, 0.6) is 5.75 Å². The maximum absolute atomic E-state index is 6.22. The van der Waals surface area contributed by atoms with Gasteiger partial charge < -0.3 is 4.74 Å². The number of benzene rings is 1. The monoisotopic (exact) mass is 384 g/mol. The third-order valence-electron chi connectivity index (χ3n) is 5.55. The molecule has 5 nitrogen and oxygen atoms in total. The van der Waals surface area contributed by atoms with Crippen LogP contribution in [0.2, 0.25) is 0 Å². The van der Waals surface area contributed by atoms with E-state index in [1.165, 1.54) is 32.4 Å². The van der Waals surface area contributed by atoms with E-state index in [2.05, 4.69) is 33.1 Å². The van der Waals surface area contributed by atoms with Gasteiger partial charge in [-0.15, -0.1) is 0 Å². The molecule has 0 radical (unpaired) electrons. The fourth-order valence-corrected chi connectivity index (χ4v) is 4.03. The molecule has 1 aromatic carbocycles. The van der Waals surface area contributed by atoms with Gasteiger partial charge in [0.1, 0.15) is 17.9 Å². The molecule has 0 spiro atoms. The average molecular weight is 384 g/mol. The van der Waals surface area contributed by atoms with Crippen LogP contribution in [0.3, 0.4) is 0 Å². The molecule has 0 N–H and O–H groups in total. The summed E-state index contributed by atoms with van der Waals surface area (Å²) in [4.78, 5) is 16.4. The van der Waals surface area contributed by atoms with Crippen molar-refractivity contribution in [2.45, 2.75) is 19.3 Å². The minimum atomic E-state index is 0.689. The van der Waals surface area contributed by atoms with Gasteiger partial charge in [-0.3, -0.25) is 14.9 Å². The average Bonchev–Trinajstić information content (AvgIpc) is 2.80. The third kappa shape index (κ3) is 3.78. The molecule has 29 heavy (non-hydrogen) atoms. The van der Waals surface area contributed by atoms with Crippen LogP contribution in [-0.4, -0.2) is 46.1 Å². The number of hydrogen-bond donors (Lipinski definition) is 0. The number of likely N-dealkylation sites (tertiary alicyclic amines) is 1. The van der Waals surface area contributed by atoms with Crippen molar-refractivity contribution < 1.29 is 4.74 Å². The molecule has 4 aromatic rings. The molecule has 0 atom stereocenters. The van der Waals surface area contributed by atoms with Gasteiger partial charge in [0, 0.05) is 29.7 Å². The minimum Gasteiger partial charge on any atom is -0.492 e. The molecule has 0 amide bonds. The van der Waals surface area contributed by atoms with Crippen molar-refractivity contribution >= 4 is 21.8 Å². The molecule has 5 heteroatoms. The van der Waals surface area contributed by atoms with Gasteiger partial charge in [0.15, 0.2) is 0 Å². The second-order valence-corrected chi connectivity index (χ2v) is 7.51. The lowest BCUT2D eigenvalue weighted by molar-refractivity contribution is 0.184. The highest BCUT2D eigenvalue weighted by atomic mass is 16.5. The van der Waals surface area contributed by atoms with Gasteiger partial charge in [0.05, 0.1) is 16.9 Å². The second-order valence-electron chi connectivity index (χ2n) is 7.51. The summed E-state index contributed by atoms with van der Waals surface area (Å²) in [5.41, 5.74) is 3.46. The molecule has 1 fully saturated rings. The van der Waals surface area contributed by atoms with Crippen LogP contribution >= 0.6 is 0 Å². The zero-order valence-electron chi connectivity index (χ0n) is 16.4. The zero-order chi connectivity index (χ0) is 19.5. The van der Waals surface area contributed by atoms with Crippen molar-refractivity contribution in [1.29, 1.82) is 0 Å². The SMILES string of the molecule is c1ccc(-c2ccc3cc(OCCN4CCCCC4)c4cccnc4c3n2)nc1. The van der Waals surface area contributed by atoms with Gasteiger partial charge in [-0.2, -0.15) is 0 Å². The van der Waals surface area contributed by atoms with Gasteiger partial charge in [-0.05, 0) is 62.3 Å². The second kappa shape index (κ2) is 8.13. The molecule has 146 valence electrons. The third-order valence-corrected chi connectivity index (χ3v) is 5.55. The normalized spacial score (nSPS) is 15.0. The summed E-state index contributed by atoms with van der Waals surface area (Å²) in [5, 5.41) is 2.04. The van der Waals surface area contributed by atoms with Crippen LogP contribution < -0.4 is 4.74 Å². The first-order chi connectivity index (χ1) is 14.4. The molecule has 0 saturated carbocycles. The number of aromatic nitrogens is 3. The molecule has 0 bridgehead atoms. The van der Waals surface area contributed by atoms with E-state index in [0.29, 0.717) is 6.61 Å². The molecular weight excluding hydrogens is 360 g/mol.